The van der Waals surface area contributed by atoms with Crippen LogP contribution in [0, 0.1) is 0 Å². The van der Waals surface area contributed by atoms with Crippen LogP contribution in [0.15, 0.2) is 4.34 Å². The fourth-order valence-electron chi connectivity index (χ4n) is 3.00. The quantitative estimate of drug-likeness (QED) is 0.617. The second kappa shape index (κ2) is 7.82. The minimum atomic E-state index is -0.209. The molecular weight excluding hydrogens is 344 g/mol. The van der Waals surface area contributed by atoms with Crippen molar-refractivity contribution in [2.45, 2.75) is 80.5 Å². The molecule has 1 atom stereocenters. The van der Waals surface area contributed by atoms with E-state index >= 15 is 0 Å². The summed E-state index contributed by atoms with van der Waals surface area (Å²) in [4.78, 5) is 25.9. The van der Waals surface area contributed by atoms with Gasteiger partial charge in [0, 0.05) is 19.0 Å². The van der Waals surface area contributed by atoms with Gasteiger partial charge in [0.25, 0.3) is 0 Å². The van der Waals surface area contributed by atoms with Crippen LogP contribution in [0.25, 0.3) is 0 Å². The van der Waals surface area contributed by atoms with E-state index < -0.39 is 0 Å². The van der Waals surface area contributed by atoms with Crippen molar-refractivity contribution in [3.8, 4) is 0 Å². The van der Waals surface area contributed by atoms with Crippen LogP contribution in [-0.2, 0) is 9.59 Å². The third-order valence-corrected chi connectivity index (χ3v) is 6.56. The smallest absolute Gasteiger partial charge is 0.233 e. The Morgan fingerprint density at radius 3 is 2.54 bits per heavy atom. The van der Waals surface area contributed by atoms with Gasteiger partial charge >= 0.3 is 0 Å². The summed E-state index contributed by atoms with van der Waals surface area (Å²) in [6.07, 6.45) is 7.91. The molecule has 0 saturated heterocycles. The van der Waals surface area contributed by atoms with Crippen LogP contribution >= 0.6 is 23.1 Å². The van der Waals surface area contributed by atoms with Crippen LogP contribution in [-0.4, -0.2) is 39.3 Å². The number of hydrogen-bond donors (Lipinski definition) is 1. The van der Waals surface area contributed by atoms with E-state index in [0.717, 1.165) is 30.0 Å². The Labute approximate surface area is 150 Å². The van der Waals surface area contributed by atoms with Crippen molar-refractivity contribution in [1.82, 2.24) is 15.5 Å². The monoisotopic (exact) mass is 368 g/mol. The van der Waals surface area contributed by atoms with Crippen LogP contribution in [0.5, 0.6) is 0 Å². The molecule has 1 aromatic rings. The first-order chi connectivity index (χ1) is 11.5. The van der Waals surface area contributed by atoms with Gasteiger partial charge in [0.1, 0.15) is 0 Å². The Morgan fingerprint density at radius 2 is 1.92 bits per heavy atom. The predicted molar refractivity (Wildman–Crippen MR) is 96.4 cm³/mol. The highest BCUT2D eigenvalue weighted by Gasteiger charge is 2.34. The van der Waals surface area contributed by atoms with Gasteiger partial charge in [-0.3, -0.25) is 14.5 Å². The van der Waals surface area contributed by atoms with E-state index in [4.69, 9.17) is 0 Å². The molecule has 0 bridgehead atoms. The molecule has 6 nitrogen and oxygen atoms in total. The molecule has 132 valence electrons. The van der Waals surface area contributed by atoms with Gasteiger partial charge in [0.2, 0.25) is 16.9 Å². The summed E-state index contributed by atoms with van der Waals surface area (Å²) in [6, 6.07) is 0.600. The molecule has 8 heteroatoms. The Kier molecular flexibility index (Phi) is 5.76. The van der Waals surface area contributed by atoms with Crippen LogP contribution in [0.4, 0.5) is 5.13 Å². The number of carbonyl (C=O) groups is 2. The van der Waals surface area contributed by atoms with Crippen molar-refractivity contribution >= 4 is 40.0 Å². The number of hydrogen-bond acceptors (Lipinski definition) is 6. The molecule has 0 aliphatic heterocycles. The molecule has 2 aliphatic rings. The fourth-order valence-corrected chi connectivity index (χ4v) is 5.11. The summed E-state index contributed by atoms with van der Waals surface area (Å²) in [5, 5.41) is 11.9. The van der Waals surface area contributed by atoms with E-state index in [1.807, 2.05) is 6.92 Å². The average molecular weight is 369 g/mol. The normalized spacial score (nSPS) is 19.8. The molecule has 0 radical (unpaired) electrons. The summed E-state index contributed by atoms with van der Waals surface area (Å²) in [6.45, 7) is 3.46. The molecule has 3 rings (SSSR count). The lowest BCUT2D eigenvalue weighted by Crippen LogP contribution is -2.40. The van der Waals surface area contributed by atoms with Crippen molar-refractivity contribution < 1.29 is 9.59 Å². The second-order valence-electron chi connectivity index (χ2n) is 6.57. The number of thioether (sulfide) groups is 1. The van der Waals surface area contributed by atoms with Gasteiger partial charge < -0.3 is 5.32 Å². The summed E-state index contributed by atoms with van der Waals surface area (Å²) >= 11 is 2.81. The summed E-state index contributed by atoms with van der Waals surface area (Å²) in [5.74, 6) is 0.0718. The van der Waals surface area contributed by atoms with Crippen LogP contribution in [0.1, 0.15) is 58.8 Å². The van der Waals surface area contributed by atoms with Crippen molar-refractivity contribution in [2.75, 3.05) is 4.90 Å². The lowest BCUT2D eigenvalue weighted by Gasteiger charge is -2.24. The minimum Gasteiger partial charge on any atom is -0.352 e. The topological polar surface area (TPSA) is 75.2 Å². The number of rotatable bonds is 6. The number of amides is 2. The van der Waals surface area contributed by atoms with E-state index in [-0.39, 0.29) is 23.1 Å². The third-order valence-electron chi connectivity index (χ3n) is 4.45. The van der Waals surface area contributed by atoms with Crippen molar-refractivity contribution in [2.24, 2.45) is 0 Å². The molecule has 2 amide bonds. The molecular formula is C16H24N4O2S2. The van der Waals surface area contributed by atoms with Gasteiger partial charge in [-0.15, -0.1) is 10.2 Å². The standard InChI is InChI=1S/C16H24N4O2S2/c1-10(14(22)17-12-6-4-3-5-7-12)23-16-19-18-15(24-16)20(11(2)21)13-8-9-13/h10,12-13H,3-9H2,1-2H3,(H,17,22). The summed E-state index contributed by atoms with van der Waals surface area (Å²) in [7, 11) is 0. The predicted octanol–water partition coefficient (Wildman–Crippen LogP) is 2.98. The molecule has 2 aliphatic carbocycles. The van der Waals surface area contributed by atoms with Gasteiger partial charge in [-0.1, -0.05) is 42.4 Å². The number of carbonyl (C=O) groups excluding carboxylic acids is 2. The van der Waals surface area contributed by atoms with Crippen molar-refractivity contribution in [3.05, 3.63) is 0 Å². The van der Waals surface area contributed by atoms with Gasteiger partial charge in [-0.2, -0.15) is 0 Å². The maximum Gasteiger partial charge on any atom is 0.233 e. The fraction of sp³-hybridized carbons (Fsp3) is 0.750. The average Bonchev–Trinajstić information content (AvgIpc) is 3.27. The lowest BCUT2D eigenvalue weighted by molar-refractivity contribution is -0.121. The highest BCUT2D eigenvalue weighted by molar-refractivity contribution is 8.02. The Balaban J connectivity index is 1.55. The zero-order valence-corrected chi connectivity index (χ0v) is 15.8. The molecule has 0 spiro atoms. The zero-order chi connectivity index (χ0) is 17.1. The Morgan fingerprint density at radius 1 is 1.21 bits per heavy atom. The van der Waals surface area contributed by atoms with E-state index in [1.54, 1.807) is 11.8 Å². The highest BCUT2D eigenvalue weighted by atomic mass is 32.2. The number of anilines is 1. The van der Waals surface area contributed by atoms with Crippen LogP contribution in [0.2, 0.25) is 0 Å². The molecule has 1 heterocycles. The van der Waals surface area contributed by atoms with Crippen LogP contribution < -0.4 is 10.2 Å². The van der Waals surface area contributed by atoms with E-state index in [1.165, 1.54) is 42.4 Å². The molecule has 0 aromatic carbocycles. The first kappa shape index (κ1) is 17.7. The second-order valence-corrected chi connectivity index (χ2v) is 9.12. The maximum absolute atomic E-state index is 12.3. The van der Waals surface area contributed by atoms with E-state index in [9.17, 15) is 9.59 Å². The van der Waals surface area contributed by atoms with Crippen molar-refractivity contribution in [3.63, 3.8) is 0 Å². The maximum atomic E-state index is 12.3. The first-order valence-electron chi connectivity index (χ1n) is 8.65. The van der Waals surface area contributed by atoms with Crippen molar-refractivity contribution in [1.29, 1.82) is 0 Å². The SMILES string of the molecule is CC(=O)N(c1nnc(SC(C)C(=O)NC2CCCCC2)s1)C1CC1. The number of nitrogens with zero attached hydrogens (tertiary/aromatic N) is 3. The van der Waals surface area contributed by atoms with Gasteiger partial charge in [-0.25, -0.2) is 0 Å². The highest BCUT2D eigenvalue weighted by Crippen LogP contribution is 2.36. The molecule has 24 heavy (non-hydrogen) atoms. The molecule has 2 fully saturated rings. The zero-order valence-electron chi connectivity index (χ0n) is 14.2. The summed E-state index contributed by atoms with van der Waals surface area (Å²) in [5.41, 5.74) is 0. The largest absolute Gasteiger partial charge is 0.352 e. The molecule has 1 N–H and O–H groups in total. The third kappa shape index (κ3) is 4.47. The number of nitrogens with one attached hydrogen (secondary N) is 1. The Bertz CT molecular complexity index is 597. The molecule has 1 aromatic heterocycles. The first-order valence-corrected chi connectivity index (χ1v) is 10.3. The van der Waals surface area contributed by atoms with Gasteiger partial charge in [0.15, 0.2) is 4.34 Å². The van der Waals surface area contributed by atoms with Crippen LogP contribution in [0.3, 0.4) is 0 Å². The van der Waals surface area contributed by atoms with Gasteiger partial charge in [0.05, 0.1) is 5.25 Å². The van der Waals surface area contributed by atoms with E-state index in [0.29, 0.717) is 11.2 Å². The molecule has 2 saturated carbocycles. The summed E-state index contributed by atoms with van der Waals surface area (Å²) < 4.78 is 0.739. The Hall–Kier alpha value is -1.15. The van der Waals surface area contributed by atoms with E-state index in [2.05, 4.69) is 15.5 Å². The van der Waals surface area contributed by atoms with Gasteiger partial charge in [-0.05, 0) is 32.6 Å². The number of aromatic nitrogens is 2. The molecule has 1 unspecified atom stereocenters. The minimum absolute atomic E-state index is 0.00768. The lowest BCUT2D eigenvalue weighted by atomic mass is 9.95.